The zero-order valence-electron chi connectivity index (χ0n) is 8.41. The number of fused-ring (bicyclic) bond motifs is 1. The molecule has 0 aliphatic rings. The number of nitrogen functional groups attached to an aromatic ring is 1. The van der Waals surface area contributed by atoms with Gasteiger partial charge in [-0.05, 0) is 0 Å². The summed E-state index contributed by atoms with van der Waals surface area (Å²) in [7, 11) is 0. The first kappa shape index (κ1) is 10.6. The monoisotopic (exact) mass is 225 g/mol. The van der Waals surface area contributed by atoms with E-state index >= 15 is 0 Å². The zero-order chi connectivity index (χ0) is 11.5. The normalized spacial score (nSPS) is 11.1. The van der Waals surface area contributed by atoms with Gasteiger partial charge in [0.05, 0.1) is 19.5 Å². The van der Waals surface area contributed by atoms with Crippen molar-refractivity contribution in [2.45, 2.75) is 6.73 Å². The highest BCUT2D eigenvalue weighted by Crippen LogP contribution is 2.03. The molecule has 86 valence electrons. The lowest BCUT2D eigenvalue weighted by molar-refractivity contribution is 0.0499. The van der Waals surface area contributed by atoms with Crippen LogP contribution in [0.1, 0.15) is 0 Å². The van der Waals surface area contributed by atoms with Crippen molar-refractivity contribution in [1.82, 2.24) is 19.2 Å². The van der Waals surface area contributed by atoms with E-state index in [2.05, 4.69) is 9.97 Å². The molecule has 8 nitrogen and oxygen atoms in total. The van der Waals surface area contributed by atoms with Crippen LogP contribution in [-0.4, -0.2) is 37.5 Å². The summed E-state index contributed by atoms with van der Waals surface area (Å²) in [5, 5.41) is 8.55. The molecule has 2 aromatic rings. The van der Waals surface area contributed by atoms with Crippen LogP contribution in [0.2, 0.25) is 0 Å². The standard InChI is InChI=1S/C8H11N5O3/c9-13-4-11-7-6(8(13)15)10-3-12(7)5-16-2-1-14/h3-4,14H,1-2,5,9H2. The van der Waals surface area contributed by atoms with Crippen LogP contribution in [0, 0.1) is 0 Å². The smallest absolute Gasteiger partial charge is 0.299 e. The predicted molar refractivity (Wildman–Crippen MR) is 55.0 cm³/mol. The fourth-order valence-corrected chi connectivity index (χ4v) is 1.28. The Labute approximate surface area is 89.9 Å². The Morgan fingerprint density at radius 3 is 3.00 bits per heavy atom. The van der Waals surface area contributed by atoms with E-state index in [0.717, 1.165) is 4.68 Å². The van der Waals surface area contributed by atoms with Gasteiger partial charge in [-0.1, -0.05) is 0 Å². The molecule has 3 N–H and O–H groups in total. The maximum atomic E-state index is 11.5. The molecule has 0 bridgehead atoms. The van der Waals surface area contributed by atoms with Gasteiger partial charge in [0.25, 0.3) is 5.56 Å². The molecular weight excluding hydrogens is 214 g/mol. The molecule has 0 amide bonds. The van der Waals surface area contributed by atoms with Gasteiger partial charge >= 0.3 is 0 Å². The number of aliphatic hydroxyl groups is 1. The molecule has 0 aliphatic carbocycles. The molecule has 2 heterocycles. The van der Waals surface area contributed by atoms with Gasteiger partial charge in [-0.25, -0.2) is 14.6 Å². The van der Waals surface area contributed by atoms with E-state index < -0.39 is 5.56 Å². The number of ether oxygens (including phenoxy) is 1. The molecule has 8 heteroatoms. The highest BCUT2D eigenvalue weighted by molar-refractivity contribution is 5.68. The molecule has 0 radical (unpaired) electrons. The van der Waals surface area contributed by atoms with Gasteiger partial charge in [-0.3, -0.25) is 9.36 Å². The third-order valence-corrected chi connectivity index (χ3v) is 2.02. The molecule has 2 rings (SSSR count). The van der Waals surface area contributed by atoms with Crippen molar-refractivity contribution in [3.05, 3.63) is 23.0 Å². The molecule has 2 aromatic heterocycles. The predicted octanol–water partition coefficient (Wildman–Crippen LogP) is -1.73. The number of aromatic nitrogens is 4. The fraction of sp³-hybridized carbons (Fsp3) is 0.375. The Bertz CT molecular complexity index is 546. The van der Waals surface area contributed by atoms with Gasteiger partial charge in [0.2, 0.25) is 0 Å². The zero-order valence-corrected chi connectivity index (χ0v) is 8.41. The third kappa shape index (κ3) is 1.75. The Morgan fingerprint density at radius 1 is 1.44 bits per heavy atom. The number of hydrogen-bond acceptors (Lipinski definition) is 6. The summed E-state index contributed by atoms with van der Waals surface area (Å²) in [5.41, 5.74) is 0.188. The van der Waals surface area contributed by atoms with Gasteiger partial charge in [-0.2, -0.15) is 0 Å². The number of aliphatic hydroxyl groups excluding tert-OH is 1. The van der Waals surface area contributed by atoms with E-state index in [1.54, 1.807) is 4.57 Å². The average molecular weight is 225 g/mol. The van der Waals surface area contributed by atoms with Crippen LogP contribution < -0.4 is 11.4 Å². The topological polar surface area (TPSA) is 108 Å². The van der Waals surface area contributed by atoms with Crippen molar-refractivity contribution < 1.29 is 9.84 Å². The molecule has 0 saturated carbocycles. The lowest BCUT2D eigenvalue weighted by Crippen LogP contribution is -2.27. The van der Waals surface area contributed by atoms with Crippen LogP contribution in [0.25, 0.3) is 11.2 Å². The minimum atomic E-state index is -0.411. The first-order chi connectivity index (χ1) is 7.74. The Kier molecular flexibility index (Phi) is 2.84. The summed E-state index contributed by atoms with van der Waals surface area (Å²) in [6.45, 7) is 0.335. The average Bonchev–Trinajstić information content (AvgIpc) is 2.68. The molecule has 0 unspecified atom stereocenters. The summed E-state index contributed by atoms with van der Waals surface area (Å²) in [5.74, 6) is 5.34. The number of nitrogens with zero attached hydrogens (tertiary/aromatic N) is 4. The number of nitrogens with two attached hydrogens (primary N) is 1. The molecule has 0 aromatic carbocycles. The first-order valence-corrected chi connectivity index (χ1v) is 4.60. The minimum absolute atomic E-state index is 0.0599. The van der Waals surface area contributed by atoms with E-state index in [9.17, 15) is 4.79 Å². The largest absolute Gasteiger partial charge is 0.394 e. The maximum absolute atomic E-state index is 11.5. The van der Waals surface area contributed by atoms with Crippen molar-refractivity contribution in [1.29, 1.82) is 0 Å². The van der Waals surface area contributed by atoms with E-state index in [4.69, 9.17) is 15.7 Å². The second-order valence-corrected chi connectivity index (χ2v) is 3.10. The lowest BCUT2D eigenvalue weighted by atomic mass is 10.5. The second-order valence-electron chi connectivity index (χ2n) is 3.10. The van der Waals surface area contributed by atoms with Crippen molar-refractivity contribution >= 4 is 11.2 Å². The van der Waals surface area contributed by atoms with Gasteiger partial charge < -0.3 is 15.7 Å². The van der Waals surface area contributed by atoms with Crippen LogP contribution in [-0.2, 0) is 11.5 Å². The van der Waals surface area contributed by atoms with Gasteiger partial charge in [-0.15, -0.1) is 0 Å². The highest BCUT2D eigenvalue weighted by atomic mass is 16.5. The summed E-state index contributed by atoms with van der Waals surface area (Å²) in [4.78, 5) is 19.4. The van der Waals surface area contributed by atoms with Crippen molar-refractivity contribution in [2.24, 2.45) is 0 Å². The van der Waals surface area contributed by atoms with Gasteiger partial charge in [0.1, 0.15) is 13.1 Å². The minimum Gasteiger partial charge on any atom is -0.394 e. The van der Waals surface area contributed by atoms with E-state index in [1.165, 1.54) is 12.7 Å². The highest BCUT2D eigenvalue weighted by Gasteiger charge is 2.08. The summed E-state index contributed by atoms with van der Waals surface area (Å²) < 4.78 is 7.53. The van der Waals surface area contributed by atoms with Crippen LogP contribution >= 0.6 is 0 Å². The number of rotatable bonds is 4. The number of imidazole rings is 1. The molecule has 0 fully saturated rings. The first-order valence-electron chi connectivity index (χ1n) is 4.60. The van der Waals surface area contributed by atoms with Crippen LogP contribution in [0.15, 0.2) is 17.4 Å². The molecular formula is C8H11N5O3. The lowest BCUT2D eigenvalue weighted by Gasteiger charge is -2.03. The SMILES string of the molecule is Nn1cnc2c(ncn2COCCO)c1=O. The van der Waals surface area contributed by atoms with Crippen LogP contribution in [0.5, 0.6) is 0 Å². The quantitative estimate of drug-likeness (QED) is 0.473. The van der Waals surface area contributed by atoms with Gasteiger partial charge in [0, 0.05) is 0 Å². The van der Waals surface area contributed by atoms with Crippen LogP contribution in [0.3, 0.4) is 0 Å². The van der Waals surface area contributed by atoms with Gasteiger partial charge in [0.15, 0.2) is 11.2 Å². The molecule has 0 spiro atoms. The second kappa shape index (κ2) is 4.29. The third-order valence-electron chi connectivity index (χ3n) is 2.02. The van der Waals surface area contributed by atoms with Crippen molar-refractivity contribution in [3.8, 4) is 0 Å². The fourth-order valence-electron chi connectivity index (χ4n) is 1.28. The molecule has 0 atom stereocenters. The van der Waals surface area contributed by atoms with E-state index in [1.807, 2.05) is 0 Å². The molecule has 16 heavy (non-hydrogen) atoms. The van der Waals surface area contributed by atoms with Crippen molar-refractivity contribution in [2.75, 3.05) is 19.1 Å². The maximum Gasteiger partial charge on any atom is 0.299 e. The Hall–Kier alpha value is -1.93. The van der Waals surface area contributed by atoms with E-state index in [0.29, 0.717) is 5.65 Å². The van der Waals surface area contributed by atoms with E-state index in [-0.39, 0.29) is 25.5 Å². The van der Waals surface area contributed by atoms with Crippen LogP contribution in [0.4, 0.5) is 0 Å². The summed E-state index contributed by atoms with van der Waals surface area (Å²) in [6.07, 6.45) is 2.66. The molecule has 0 saturated heterocycles. The van der Waals surface area contributed by atoms with Crippen molar-refractivity contribution in [3.63, 3.8) is 0 Å². The molecule has 0 aliphatic heterocycles. The number of hydrogen-bond donors (Lipinski definition) is 2. The summed E-state index contributed by atoms with van der Waals surface area (Å²) in [6, 6.07) is 0. The Morgan fingerprint density at radius 2 is 2.25 bits per heavy atom. The summed E-state index contributed by atoms with van der Waals surface area (Å²) >= 11 is 0. The Balaban J connectivity index is 2.35.